The zero-order valence-corrected chi connectivity index (χ0v) is 12.0. The molecule has 4 heteroatoms. The second-order valence-electron chi connectivity index (χ2n) is 5.33. The Morgan fingerprint density at radius 1 is 1.20 bits per heavy atom. The van der Waals surface area contributed by atoms with Gasteiger partial charge in [0, 0.05) is 16.8 Å². The minimum absolute atomic E-state index is 0.0818. The Balaban J connectivity index is 1.68. The number of hydrogen-bond donors (Lipinski definition) is 0. The summed E-state index contributed by atoms with van der Waals surface area (Å²) in [4.78, 5) is 12.2. The molecule has 1 aromatic carbocycles. The van der Waals surface area contributed by atoms with Gasteiger partial charge in [-0.3, -0.25) is 9.48 Å². The SMILES string of the molecule is O=C(Cc1ccn(C2CCCC2)n1)c1ccc(Cl)cc1. The van der Waals surface area contributed by atoms with Crippen molar-refractivity contribution in [1.29, 1.82) is 0 Å². The second-order valence-corrected chi connectivity index (χ2v) is 5.77. The first-order chi connectivity index (χ1) is 9.72. The zero-order valence-electron chi connectivity index (χ0n) is 11.3. The molecule has 0 atom stereocenters. The van der Waals surface area contributed by atoms with Gasteiger partial charge in [-0.15, -0.1) is 0 Å². The first-order valence-corrected chi connectivity index (χ1v) is 7.43. The van der Waals surface area contributed by atoms with Crippen LogP contribution in [0.2, 0.25) is 5.02 Å². The fraction of sp³-hybridized carbons (Fsp3) is 0.375. The number of carbonyl (C=O) groups is 1. The van der Waals surface area contributed by atoms with Crippen LogP contribution in [0.25, 0.3) is 0 Å². The average molecular weight is 289 g/mol. The summed E-state index contributed by atoms with van der Waals surface area (Å²) in [7, 11) is 0. The van der Waals surface area contributed by atoms with Gasteiger partial charge in [-0.1, -0.05) is 24.4 Å². The third kappa shape index (κ3) is 2.93. The summed E-state index contributed by atoms with van der Waals surface area (Å²) in [6.45, 7) is 0. The Labute approximate surface area is 123 Å². The van der Waals surface area contributed by atoms with E-state index in [9.17, 15) is 4.79 Å². The molecule has 1 saturated carbocycles. The van der Waals surface area contributed by atoms with E-state index in [2.05, 4.69) is 5.10 Å². The van der Waals surface area contributed by atoms with Crippen molar-refractivity contribution >= 4 is 17.4 Å². The quantitative estimate of drug-likeness (QED) is 0.795. The first-order valence-electron chi connectivity index (χ1n) is 7.05. The van der Waals surface area contributed by atoms with Crippen molar-refractivity contribution in [3.05, 3.63) is 52.8 Å². The van der Waals surface area contributed by atoms with Crippen LogP contribution in [-0.2, 0) is 6.42 Å². The Morgan fingerprint density at radius 3 is 2.60 bits per heavy atom. The van der Waals surface area contributed by atoms with Crippen LogP contribution in [0.1, 0.15) is 47.8 Å². The molecule has 0 unspecified atom stereocenters. The molecule has 3 rings (SSSR count). The lowest BCUT2D eigenvalue weighted by Crippen LogP contribution is -2.08. The summed E-state index contributed by atoms with van der Waals surface area (Å²) in [5.41, 5.74) is 1.53. The predicted molar refractivity (Wildman–Crippen MR) is 79.2 cm³/mol. The maximum atomic E-state index is 12.2. The molecule has 3 nitrogen and oxygen atoms in total. The Morgan fingerprint density at radius 2 is 1.90 bits per heavy atom. The van der Waals surface area contributed by atoms with Crippen LogP contribution >= 0.6 is 11.6 Å². The second kappa shape index (κ2) is 5.80. The van der Waals surface area contributed by atoms with Crippen molar-refractivity contribution < 1.29 is 4.79 Å². The minimum Gasteiger partial charge on any atom is -0.294 e. The molecule has 20 heavy (non-hydrogen) atoms. The largest absolute Gasteiger partial charge is 0.294 e. The minimum atomic E-state index is 0.0818. The van der Waals surface area contributed by atoms with Crippen LogP contribution in [0.4, 0.5) is 0 Å². The van der Waals surface area contributed by atoms with E-state index < -0.39 is 0 Å². The van der Waals surface area contributed by atoms with E-state index >= 15 is 0 Å². The molecule has 1 aromatic heterocycles. The third-order valence-electron chi connectivity index (χ3n) is 3.87. The number of aromatic nitrogens is 2. The van der Waals surface area contributed by atoms with Crippen LogP contribution < -0.4 is 0 Å². The molecule has 0 aliphatic heterocycles. The normalized spacial score (nSPS) is 15.7. The Hall–Kier alpha value is -1.61. The number of benzene rings is 1. The number of ketones is 1. The van der Waals surface area contributed by atoms with Gasteiger partial charge in [0.1, 0.15) is 0 Å². The number of rotatable bonds is 4. The molecular formula is C16H17ClN2O. The van der Waals surface area contributed by atoms with Crippen LogP contribution in [0.15, 0.2) is 36.5 Å². The molecule has 0 bridgehead atoms. The molecule has 2 aromatic rings. The van der Waals surface area contributed by atoms with Crippen molar-refractivity contribution in [1.82, 2.24) is 9.78 Å². The molecule has 1 fully saturated rings. The standard InChI is InChI=1S/C16H17ClN2O/c17-13-7-5-12(6-8-13)16(20)11-14-9-10-19(18-14)15-3-1-2-4-15/h5-10,15H,1-4,11H2. The van der Waals surface area contributed by atoms with E-state index in [-0.39, 0.29) is 5.78 Å². The smallest absolute Gasteiger partial charge is 0.168 e. The first kappa shape index (κ1) is 13.4. The Kier molecular flexibility index (Phi) is 3.88. The summed E-state index contributed by atoms with van der Waals surface area (Å²) in [5, 5.41) is 5.19. The highest BCUT2D eigenvalue weighted by atomic mass is 35.5. The van der Waals surface area contributed by atoms with Crippen LogP contribution in [-0.4, -0.2) is 15.6 Å². The van der Waals surface area contributed by atoms with Gasteiger partial charge >= 0.3 is 0 Å². The molecule has 0 saturated heterocycles. The van der Waals surface area contributed by atoms with Crippen LogP contribution in [0, 0.1) is 0 Å². The highest BCUT2D eigenvalue weighted by molar-refractivity contribution is 6.30. The van der Waals surface area contributed by atoms with Gasteiger partial charge in [-0.2, -0.15) is 5.10 Å². The number of Topliss-reactive ketones (excluding diaryl/α,β-unsaturated/α-hetero) is 1. The maximum Gasteiger partial charge on any atom is 0.168 e. The highest BCUT2D eigenvalue weighted by Crippen LogP contribution is 2.28. The molecule has 1 heterocycles. The van der Waals surface area contributed by atoms with Crippen LogP contribution in [0.5, 0.6) is 0 Å². The van der Waals surface area contributed by atoms with E-state index in [0.29, 0.717) is 23.0 Å². The predicted octanol–water partition coefficient (Wildman–Crippen LogP) is 4.08. The van der Waals surface area contributed by atoms with E-state index in [1.165, 1.54) is 25.7 Å². The summed E-state index contributed by atoms with van der Waals surface area (Å²) in [6, 6.07) is 9.48. The van der Waals surface area contributed by atoms with Gasteiger partial charge < -0.3 is 0 Å². The molecule has 0 spiro atoms. The summed E-state index contributed by atoms with van der Waals surface area (Å²) in [5.74, 6) is 0.0818. The van der Waals surface area contributed by atoms with Crippen molar-refractivity contribution in [2.45, 2.75) is 38.1 Å². The molecule has 0 radical (unpaired) electrons. The van der Waals surface area contributed by atoms with Gasteiger partial charge in [0.15, 0.2) is 5.78 Å². The summed E-state index contributed by atoms with van der Waals surface area (Å²) >= 11 is 5.83. The van der Waals surface area contributed by atoms with E-state index in [0.717, 1.165) is 5.69 Å². The molecule has 0 N–H and O–H groups in total. The monoisotopic (exact) mass is 288 g/mol. The molecule has 1 aliphatic carbocycles. The topological polar surface area (TPSA) is 34.9 Å². The molecule has 1 aliphatic rings. The number of carbonyl (C=O) groups excluding carboxylic acids is 1. The number of hydrogen-bond acceptors (Lipinski definition) is 2. The van der Waals surface area contributed by atoms with E-state index in [1.54, 1.807) is 24.3 Å². The fourth-order valence-electron chi connectivity index (χ4n) is 2.75. The number of nitrogens with zero attached hydrogens (tertiary/aromatic N) is 2. The van der Waals surface area contributed by atoms with Gasteiger partial charge in [0.2, 0.25) is 0 Å². The summed E-state index contributed by atoms with van der Waals surface area (Å²) < 4.78 is 2.03. The van der Waals surface area contributed by atoms with Crippen molar-refractivity contribution in [2.75, 3.05) is 0 Å². The lowest BCUT2D eigenvalue weighted by molar-refractivity contribution is 0.0991. The molecule has 104 valence electrons. The highest BCUT2D eigenvalue weighted by Gasteiger charge is 2.18. The third-order valence-corrected chi connectivity index (χ3v) is 4.12. The lowest BCUT2D eigenvalue weighted by Gasteiger charge is -2.08. The van der Waals surface area contributed by atoms with E-state index in [1.807, 2.05) is 16.9 Å². The maximum absolute atomic E-state index is 12.2. The Bertz CT molecular complexity index is 597. The van der Waals surface area contributed by atoms with Crippen molar-refractivity contribution in [2.24, 2.45) is 0 Å². The lowest BCUT2D eigenvalue weighted by atomic mass is 10.1. The average Bonchev–Trinajstić information content (AvgIpc) is 3.09. The number of halogens is 1. The van der Waals surface area contributed by atoms with Crippen molar-refractivity contribution in [3.63, 3.8) is 0 Å². The molecular weight excluding hydrogens is 272 g/mol. The van der Waals surface area contributed by atoms with Gasteiger partial charge in [0.25, 0.3) is 0 Å². The molecule has 0 amide bonds. The van der Waals surface area contributed by atoms with Gasteiger partial charge in [0.05, 0.1) is 18.2 Å². The zero-order chi connectivity index (χ0) is 13.9. The van der Waals surface area contributed by atoms with E-state index in [4.69, 9.17) is 11.6 Å². The van der Waals surface area contributed by atoms with Crippen LogP contribution in [0.3, 0.4) is 0 Å². The van der Waals surface area contributed by atoms with Gasteiger partial charge in [-0.05, 0) is 43.2 Å². The summed E-state index contributed by atoms with van der Waals surface area (Å²) in [6.07, 6.45) is 7.31. The van der Waals surface area contributed by atoms with Gasteiger partial charge in [-0.25, -0.2) is 0 Å². The van der Waals surface area contributed by atoms with Crippen molar-refractivity contribution in [3.8, 4) is 0 Å². The fourth-order valence-corrected chi connectivity index (χ4v) is 2.87.